The summed E-state index contributed by atoms with van der Waals surface area (Å²) in [6.07, 6.45) is 0.300. The summed E-state index contributed by atoms with van der Waals surface area (Å²) in [6.45, 7) is 0.861. The monoisotopic (exact) mass is 244 g/mol. The fraction of sp³-hybridized carbons (Fsp3) is 0.111. The fourth-order valence-electron chi connectivity index (χ4n) is 3.28. The van der Waals surface area contributed by atoms with Crippen molar-refractivity contribution in [3.8, 4) is 0 Å². The molecular weight excluding hydrogens is 232 g/mol. The molecule has 90 valence electrons. The smallest absolute Gasteiger partial charge is 0.107 e. The third kappa shape index (κ3) is 1.23. The van der Waals surface area contributed by atoms with Gasteiger partial charge in [-0.3, -0.25) is 0 Å². The van der Waals surface area contributed by atoms with Gasteiger partial charge in [-0.2, -0.15) is 0 Å². The Morgan fingerprint density at radius 1 is 0.789 bits per heavy atom. The molecule has 0 spiro atoms. The maximum atomic E-state index is 5.52. The third-order valence-corrected chi connectivity index (χ3v) is 4.22. The Morgan fingerprint density at radius 2 is 1.47 bits per heavy atom. The number of rotatable bonds is 1. The highest BCUT2D eigenvalue weighted by Gasteiger charge is 2.27. The van der Waals surface area contributed by atoms with Gasteiger partial charge < -0.3 is 4.74 Å². The van der Waals surface area contributed by atoms with E-state index in [1.807, 2.05) is 0 Å². The van der Waals surface area contributed by atoms with E-state index in [-0.39, 0.29) is 0 Å². The molecule has 0 bridgehead atoms. The molecule has 1 heteroatoms. The SMILES string of the molecule is c1cc2ccc3cccc4c(C5CO5)cc(c1)c2c34. The first-order valence-electron chi connectivity index (χ1n) is 6.70. The molecule has 0 radical (unpaired) electrons. The van der Waals surface area contributed by atoms with E-state index < -0.39 is 0 Å². The van der Waals surface area contributed by atoms with E-state index >= 15 is 0 Å². The number of hydrogen-bond donors (Lipinski definition) is 0. The minimum atomic E-state index is 0.300. The van der Waals surface area contributed by atoms with E-state index in [0.717, 1.165) is 6.61 Å². The zero-order valence-corrected chi connectivity index (χ0v) is 10.4. The van der Waals surface area contributed by atoms with E-state index in [1.54, 1.807) is 0 Å². The van der Waals surface area contributed by atoms with Crippen LogP contribution in [0.2, 0.25) is 0 Å². The van der Waals surface area contributed by atoms with Crippen LogP contribution in [0.1, 0.15) is 11.7 Å². The predicted molar refractivity (Wildman–Crippen MR) is 78.8 cm³/mol. The molecule has 5 rings (SSSR count). The molecule has 1 unspecified atom stereocenters. The molecule has 0 N–H and O–H groups in total. The largest absolute Gasteiger partial charge is 0.368 e. The quantitative estimate of drug-likeness (QED) is 0.350. The Kier molecular flexibility index (Phi) is 1.67. The fourth-order valence-corrected chi connectivity index (χ4v) is 3.28. The van der Waals surface area contributed by atoms with Crippen LogP contribution in [0.15, 0.2) is 54.6 Å². The Labute approximate surface area is 110 Å². The van der Waals surface area contributed by atoms with Crippen molar-refractivity contribution in [1.29, 1.82) is 0 Å². The molecule has 1 nitrogen and oxygen atoms in total. The van der Waals surface area contributed by atoms with Gasteiger partial charge >= 0.3 is 0 Å². The first-order chi connectivity index (χ1) is 9.42. The van der Waals surface area contributed by atoms with E-state index in [0.29, 0.717) is 6.10 Å². The minimum Gasteiger partial charge on any atom is -0.368 e. The second-order valence-electron chi connectivity index (χ2n) is 5.34. The predicted octanol–water partition coefficient (Wildman–Crippen LogP) is 4.66. The average Bonchev–Trinajstić information content (AvgIpc) is 3.29. The summed E-state index contributed by atoms with van der Waals surface area (Å²) < 4.78 is 5.52. The third-order valence-electron chi connectivity index (χ3n) is 4.22. The van der Waals surface area contributed by atoms with Crippen LogP contribution in [0.3, 0.4) is 0 Å². The molecule has 1 saturated heterocycles. The standard InChI is InChI=1S/C18H12O/c1-3-11-7-8-12-4-2-6-14-15(16-10-19-16)9-13(5-1)17(11)18(12)14/h1-9,16H,10H2. The molecular formula is C18H12O. The summed E-state index contributed by atoms with van der Waals surface area (Å²) >= 11 is 0. The number of benzene rings is 4. The second-order valence-corrected chi connectivity index (χ2v) is 5.34. The van der Waals surface area contributed by atoms with Crippen molar-refractivity contribution in [2.45, 2.75) is 6.10 Å². The van der Waals surface area contributed by atoms with Crippen molar-refractivity contribution in [3.63, 3.8) is 0 Å². The molecule has 1 aliphatic heterocycles. The highest BCUT2D eigenvalue weighted by Crippen LogP contribution is 2.42. The molecule has 1 fully saturated rings. The Morgan fingerprint density at radius 3 is 2.26 bits per heavy atom. The second kappa shape index (κ2) is 3.25. The molecule has 0 aromatic heterocycles. The van der Waals surface area contributed by atoms with E-state index in [9.17, 15) is 0 Å². The summed E-state index contributed by atoms with van der Waals surface area (Å²) in [6, 6.07) is 19.9. The average molecular weight is 244 g/mol. The number of hydrogen-bond acceptors (Lipinski definition) is 1. The van der Waals surface area contributed by atoms with Crippen LogP contribution >= 0.6 is 0 Å². The van der Waals surface area contributed by atoms with Gasteiger partial charge in [-0.15, -0.1) is 0 Å². The summed E-state index contributed by atoms with van der Waals surface area (Å²) in [4.78, 5) is 0. The highest BCUT2D eigenvalue weighted by molar-refractivity contribution is 6.23. The van der Waals surface area contributed by atoms with Crippen LogP contribution in [0, 0.1) is 0 Å². The first kappa shape index (κ1) is 9.76. The Balaban J connectivity index is 2.14. The maximum Gasteiger partial charge on any atom is 0.107 e. The zero-order chi connectivity index (χ0) is 12.4. The van der Waals surface area contributed by atoms with E-state index in [4.69, 9.17) is 4.74 Å². The van der Waals surface area contributed by atoms with Gasteiger partial charge in [0.25, 0.3) is 0 Å². The van der Waals surface area contributed by atoms with Crippen LogP contribution in [-0.2, 0) is 4.74 Å². The lowest BCUT2D eigenvalue weighted by molar-refractivity contribution is 0.417. The number of ether oxygens (including phenoxy) is 1. The molecule has 0 saturated carbocycles. The van der Waals surface area contributed by atoms with E-state index in [2.05, 4.69) is 54.6 Å². The van der Waals surface area contributed by atoms with Crippen LogP contribution in [-0.4, -0.2) is 6.61 Å². The molecule has 1 heterocycles. The van der Waals surface area contributed by atoms with Gasteiger partial charge in [-0.1, -0.05) is 48.5 Å². The highest BCUT2D eigenvalue weighted by atomic mass is 16.6. The zero-order valence-electron chi connectivity index (χ0n) is 10.4. The van der Waals surface area contributed by atoms with Crippen LogP contribution in [0.5, 0.6) is 0 Å². The number of epoxide rings is 1. The lowest BCUT2D eigenvalue weighted by Crippen LogP contribution is -1.89. The van der Waals surface area contributed by atoms with Crippen molar-refractivity contribution in [3.05, 3.63) is 60.2 Å². The molecule has 4 aromatic rings. The lowest BCUT2D eigenvalue weighted by Gasteiger charge is -2.13. The summed E-state index contributed by atoms with van der Waals surface area (Å²) in [5, 5.41) is 8.10. The van der Waals surface area contributed by atoms with Gasteiger partial charge in [0.15, 0.2) is 0 Å². The molecule has 19 heavy (non-hydrogen) atoms. The van der Waals surface area contributed by atoms with Crippen molar-refractivity contribution in [2.24, 2.45) is 0 Å². The van der Waals surface area contributed by atoms with Crippen LogP contribution in [0.4, 0.5) is 0 Å². The van der Waals surface area contributed by atoms with Gasteiger partial charge in [0.1, 0.15) is 6.10 Å². The van der Waals surface area contributed by atoms with Gasteiger partial charge in [0.2, 0.25) is 0 Å². The molecule has 1 atom stereocenters. The molecule has 0 aliphatic carbocycles. The Hall–Kier alpha value is -2.12. The molecule has 4 aromatic carbocycles. The van der Waals surface area contributed by atoms with Crippen molar-refractivity contribution >= 4 is 32.3 Å². The first-order valence-corrected chi connectivity index (χ1v) is 6.70. The van der Waals surface area contributed by atoms with Gasteiger partial charge in [-0.25, -0.2) is 0 Å². The normalized spacial score (nSPS) is 18.6. The Bertz CT molecular complexity index is 919. The maximum absolute atomic E-state index is 5.52. The topological polar surface area (TPSA) is 12.5 Å². The molecule has 0 amide bonds. The van der Waals surface area contributed by atoms with Crippen molar-refractivity contribution < 1.29 is 4.74 Å². The van der Waals surface area contributed by atoms with Gasteiger partial charge in [-0.05, 0) is 43.9 Å². The van der Waals surface area contributed by atoms with Crippen LogP contribution in [0.25, 0.3) is 32.3 Å². The van der Waals surface area contributed by atoms with Gasteiger partial charge in [0.05, 0.1) is 6.61 Å². The molecule has 1 aliphatic rings. The lowest BCUT2D eigenvalue weighted by atomic mass is 9.90. The van der Waals surface area contributed by atoms with E-state index in [1.165, 1.54) is 37.9 Å². The summed E-state index contributed by atoms with van der Waals surface area (Å²) in [5.41, 5.74) is 1.34. The summed E-state index contributed by atoms with van der Waals surface area (Å²) in [5.74, 6) is 0. The van der Waals surface area contributed by atoms with Crippen molar-refractivity contribution in [1.82, 2.24) is 0 Å². The summed E-state index contributed by atoms with van der Waals surface area (Å²) in [7, 11) is 0. The minimum absolute atomic E-state index is 0.300. The van der Waals surface area contributed by atoms with Crippen LogP contribution < -0.4 is 0 Å². The van der Waals surface area contributed by atoms with Gasteiger partial charge in [0, 0.05) is 0 Å². The van der Waals surface area contributed by atoms with Crippen molar-refractivity contribution in [2.75, 3.05) is 6.61 Å².